The minimum atomic E-state index is -4.90. The van der Waals surface area contributed by atoms with Crippen molar-refractivity contribution in [3.05, 3.63) is 34.9 Å². The maximum Gasteiger partial charge on any atom is 0.416 e. The van der Waals surface area contributed by atoms with Crippen molar-refractivity contribution in [2.24, 2.45) is 10.7 Å². The molecular weight excluding hydrogens is 302 g/mol. The van der Waals surface area contributed by atoms with E-state index in [0.29, 0.717) is 12.1 Å². The molecule has 0 aliphatic carbocycles. The molecule has 21 heavy (non-hydrogen) atoms. The van der Waals surface area contributed by atoms with E-state index in [1.165, 1.54) is 6.92 Å². The molecule has 116 valence electrons. The van der Waals surface area contributed by atoms with Crippen molar-refractivity contribution in [1.29, 1.82) is 0 Å². The summed E-state index contributed by atoms with van der Waals surface area (Å²) in [5.74, 6) is 0. The zero-order valence-electron chi connectivity index (χ0n) is 10.6. The average molecular weight is 312 g/mol. The third-order valence-electron chi connectivity index (χ3n) is 3.07. The number of hydrogen-bond acceptors (Lipinski definition) is 3. The largest absolute Gasteiger partial charge is 0.462 e. The van der Waals surface area contributed by atoms with Gasteiger partial charge >= 0.3 is 12.4 Å². The number of halogens is 6. The molecule has 0 saturated carbocycles. The molecule has 9 heteroatoms. The van der Waals surface area contributed by atoms with Gasteiger partial charge in [-0.05, 0) is 30.7 Å². The molecule has 1 unspecified atom stereocenters. The van der Waals surface area contributed by atoms with Crippen molar-refractivity contribution in [3.8, 4) is 0 Å². The van der Waals surface area contributed by atoms with E-state index in [1.54, 1.807) is 0 Å². The summed E-state index contributed by atoms with van der Waals surface area (Å²) in [7, 11) is 0. The van der Waals surface area contributed by atoms with Gasteiger partial charge in [-0.15, -0.1) is 0 Å². The summed E-state index contributed by atoms with van der Waals surface area (Å²) in [5, 5.41) is 0. The number of rotatable bonds is 1. The average Bonchev–Trinajstić information content (AvgIpc) is 2.68. The van der Waals surface area contributed by atoms with E-state index in [1.807, 2.05) is 0 Å². The number of hydrogen-bond donors (Lipinski definition) is 1. The molecule has 1 aromatic carbocycles. The smallest absolute Gasteiger partial charge is 0.416 e. The summed E-state index contributed by atoms with van der Waals surface area (Å²) in [4.78, 5) is 3.77. The molecule has 1 aliphatic rings. The first-order valence-electron chi connectivity index (χ1n) is 5.70. The molecule has 2 rings (SSSR count). The molecular formula is C12H10F6N2O. The number of amidine groups is 1. The quantitative estimate of drug-likeness (QED) is 0.809. The van der Waals surface area contributed by atoms with Crippen LogP contribution in [0.2, 0.25) is 0 Å². The predicted octanol–water partition coefficient (Wildman–Crippen LogP) is 3.28. The van der Waals surface area contributed by atoms with Gasteiger partial charge in [-0.25, -0.2) is 4.99 Å². The molecule has 1 heterocycles. The third kappa shape index (κ3) is 3.06. The van der Waals surface area contributed by atoms with Gasteiger partial charge in [-0.2, -0.15) is 26.3 Å². The number of ether oxygens (including phenoxy) is 1. The zero-order chi connectivity index (χ0) is 16.1. The van der Waals surface area contributed by atoms with Gasteiger partial charge in [0.25, 0.3) is 6.02 Å². The van der Waals surface area contributed by atoms with Crippen molar-refractivity contribution in [3.63, 3.8) is 0 Å². The lowest BCUT2D eigenvalue weighted by atomic mass is 9.90. The molecule has 3 nitrogen and oxygen atoms in total. The second-order valence-electron chi connectivity index (χ2n) is 4.81. The normalized spacial score (nSPS) is 22.9. The number of nitrogens with two attached hydrogens (primary N) is 1. The fourth-order valence-corrected chi connectivity index (χ4v) is 1.94. The van der Waals surface area contributed by atoms with Crippen LogP contribution in [0.3, 0.4) is 0 Å². The second kappa shape index (κ2) is 4.54. The van der Waals surface area contributed by atoms with Crippen molar-refractivity contribution >= 4 is 6.02 Å². The second-order valence-corrected chi connectivity index (χ2v) is 4.81. The fourth-order valence-electron chi connectivity index (χ4n) is 1.94. The Morgan fingerprint density at radius 3 is 1.86 bits per heavy atom. The number of alkyl halides is 6. The standard InChI is InChI=1S/C12H10F6N2O/c1-10(5-21-9(19)20-10)6-2-7(11(13,14)15)4-8(3-6)12(16,17)18/h2-4H,5H2,1H3,(H2,19,20). The Balaban J connectivity index is 2.62. The van der Waals surface area contributed by atoms with Gasteiger partial charge in [0.05, 0.1) is 11.1 Å². The van der Waals surface area contributed by atoms with E-state index in [-0.39, 0.29) is 24.3 Å². The van der Waals surface area contributed by atoms with Crippen LogP contribution in [-0.2, 0) is 22.6 Å². The van der Waals surface area contributed by atoms with Crippen LogP contribution in [0.1, 0.15) is 23.6 Å². The van der Waals surface area contributed by atoms with Crippen LogP contribution < -0.4 is 5.73 Å². The molecule has 0 radical (unpaired) electrons. The van der Waals surface area contributed by atoms with Crippen LogP contribution >= 0.6 is 0 Å². The van der Waals surface area contributed by atoms with Crippen LogP contribution in [0.4, 0.5) is 26.3 Å². The van der Waals surface area contributed by atoms with Crippen LogP contribution in [0, 0.1) is 0 Å². The Kier molecular flexibility index (Phi) is 3.34. The summed E-state index contributed by atoms with van der Waals surface area (Å²) in [6.45, 7) is 1.12. The highest BCUT2D eigenvalue weighted by Crippen LogP contribution is 2.40. The number of nitrogens with zero attached hydrogens (tertiary/aromatic N) is 1. The molecule has 0 bridgehead atoms. The van der Waals surface area contributed by atoms with Gasteiger partial charge in [-0.1, -0.05) is 0 Å². The molecule has 0 saturated heterocycles. The molecule has 1 aromatic rings. The summed E-state index contributed by atoms with van der Waals surface area (Å²) >= 11 is 0. The fraction of sp³-hybridized carbons (Fsp3) is 0.417. The van der Waals surface area contributed by atoms with E-state index < -0.39 is 29.0 Å². The summed E-state index contributed by atoms with van der Waals surface area (Å²) in [5.41, 5.74) is 0.847. The maximum atomic E-state index is 12.8. The highest BCUT2D eigenvalue weighted by Gasteiger charge is 2.41. The number of aliphatic imine (C=N–C) groups is 1. The Morgan fingerprint density at radius 1 is 1.05 bits per heavy atom. The van der Waals surface area contributed by atoms with E-state index in [9.17, 15) is 26.3 Å². The van der Waals surface area contributed by atoms with Gasteiger partial charge in [0.2, 0.25) is 0 Å². The lowest BCUT2D eigenvalue weighted by Gasteiger charge is -2.22. The molecule has 1 atom stereocenters. The lowest BCUT2D eigenvalue weighted by Crippen LogP contribution is -2.23. The van der Waals surface area contributed by atoms with Crippen molar-refractivity contribution in [2.45, 2.75) is 24.8 Å². The lowest BCUT2D eigenvalue weighted by molar-refractivity contribution is -0.143. The van der Waals surface area contributed by atoms with Crippen molar-refractivity contribution in [2.75, 3.05) is 6.61 Å². The molecule has 0 amide bonds. The highest BCUT2D eigenvalue weighted by atomic mass is 19.4. The van der Waals surface area contributed by atoms with Gasteiger partial charge in [0, 0.05) is 0 Å². The van der Waals surface area contributed by atoms with E-state index >= 15 is 0 Å². The summed E-state index contributed by atoms with van der Waals surface area (Å²) < 4.78 is 81.4. The minimum absolute atomic E-state index is 0.0652. The topological polar surface area (TPSA) is 47.6 Å². The van der Waals surface area contributed by atoms with E-state index in [0.717, 1.165) is 0 Å². The first-order valence-corrected chi connectivity index (χ1v) is 5.70. The first kappa shape index (κ1) is 15.5. The zero-order valence-corrected chi connectivity index (χ0v) is 10.6. The summed E-state index contributed by atoms with van der Waals surface area (Å²) in [6, 6.07) is 1.04. The number of benzene rings is 1. The molecule has 0 spiro atoms. The third-order valence-corrected chi connectivity index (χ3v) is 3.07. The Labute approximate surface area is 115 Å². The van der Waals surface area contributed by atoms with Crippen molar-refractivity contribution < 1.29 is 31.1 Å². The minimum Gasteiger partial charge on any atom is -0.462 e. The van der Waals surface area contributed by atoms with Gasteiger partial charge in [0.15, 0.2) is 0 Å². The SMILES string of the molecule is CC1(c2cc(C(F)(F)F)cc(C(F)(F)F)c2)COC(N)=N1. The monoisotopic (exact) mass is 312 g/mol. The van der Waals surface area contributed by atoms with E-state index in [4.69, 9.17) is 10.5 Å². The predicted molar refractivity (Wildman–Crippen MR) is 61.4 cm³/mol. The van der Waals surface area contributed by atoms with Gasteiger partial charge in [0.1, 0.15) is 12.1 Å². The first-order chi connectivity index (χ1) is 9.42. The van der Waals surface area contributed by atoms with Crippen LogP contribution in [-0.4, -0.2) is 12.6 Å². The molecule has 0 aromatic heterocycles. The van der Waals surface area contributed by atoms with Crippen LogP contribution in [0.15, 0.2) is 23.2 Å². The van der Waals surface area contributed by atoms with Gasteiger partial charge < -0.3 is 10.5 Å². The Morgan fingerprint density at radius 2 is 1.52 bits per heavy atom. The van der Waals surface area contributed by atoms with Crippen LogP contribution in [0.5, 0.6) is 0 Å². The van der Waals surface area contributed by atoms with Gasteiger partial charge in [-0.3, -0.25) is 0 Å². The molecule has 2 N–H and O–H groups in total. The maximum absolute atomic E-state index is 12.8. The molecule has 0 fully saturated rings. The molecule has 1 aliphatic heterocycles. The Hall–Kier alpha value is -1.93. The van der Waals surface area contributed by atoms with Crippen molar-refractivity contribution in [1.82, 2.24) is 0 Å². The summed E-state index contributed by atoms with van der Waals surface area (Å²) in [6.07, 6.45) is -9.80. The van der Waals surface area contributed by atoms with Crippen LogP contribution in [0.25, 0.3) is 0 Å². The Bertz CT molecular complexity index is 560. The highest BCUT2D eigenvalue weighted by molar-refractivity contribution is 5.74. The van der Waals surface area contributed by atoms with E-state index in [2.05, 4.69) is 4.99 Å².